The SMILES string of the molecule is O=C(NC(Cc1ccc2c(c1)OCCO2)CN1CCCC1)[C@@H]1CCN(c2nccs2)C1. The predicted molar refractivity (Wildman–Crippen MR) is 121 cm³/mol. The Morgan fingerprint density at radius 2 is 2.03 bits per heavy atom. The number of ether oxygens (including phenoxy) is 2. The summed E-state index contributed by atoms with van der Waals surface area (Å²) in [4.78, 5) is 22.2. The molecule has 2 aromatic rings. The lowest BCUT2D eigenvalue weighted by molar-refractivity contribution is -0.125. The van der Waals surface area contributed by atoms with Gasteiger partial charge in [0.25, 0.3) is 0 Å². The Hall–Kier alpha value is -2.32. The number of fused-ring (bicyclic) bond motifs is 1. The van der Waals surface area contributed by atoms with E-state index in [-0.39, 0.29) is 17.9 Å². The van der Waals surface area contributed by atoms with Gasteiger partial charge in [0.15, 0.2) is 16.6 Å². The highest BCUT2D eigenvalue weighted by Crippen LogP contribution is 2.31. The summed E-state index contributed by atoms with van der Waals surface area (Å²) in [5, 5.41) is 6.39. The van der Waals surface area contributed by atoms with Crippen LogP contribution < -0.4 is 19.7 Å². The molecule has 1 aromatic carbocycles. The number of rotatable bonds is 7. The molecule has 31 heavy (non-hydrogen) atoms. The molecular formula is C23H30N4O3S. The van der Waals surface area contributed by atoms with Gasteiger partial charge < -0.3 is 24.6 Å². The van der Waals surface area contributed by atoms with Crippen molar-refractivity contribution in [1.29, 1.82) is 0 Å². The van der Waals surface area contributed by atoms with Crippen LogP contribution in [0.2, 0.25) is 0 Å². The molecule has 0 aliphatic carbocycles. The molecule has 166 valence electrons. The van der Waals surface area contributed by atoms with Crippen molar-refractivity contribution in [3.8, 4) is 11.5 Å². The van der Waals surface area contributed by atoms with E-state index in [4.69, 9.17) is 9.47 Å². The fraction of sp³-hybridized carbons (Fsp3) is 0.565. The Balaban J connectivity index is 1.24. The van der Waals surface area contributed by atoms with Crippen LogP contribution in [0.5, 0.6) is 11.5 Å². The van der Waals surface area contributed by atoms with Gasteiger partial charge in [-0.2, -0.15) is 0 Å². The van der Waals surface area contributed by atoms with E-state index in [0.29, 0.717) is 13.2 Å². The van der Waals surface area contributed by atoms with Gasteiger partial charge in [-0.25, -0.2) is 4.98 Å². The average molecular weight is 443 g/mol. The summed E-state index contributed by atoms with van der Waals surface area (Å²) in [5.41, 5.74) is 1.17. The van der Waals surface area contributed by atoms with Gasteiger partial charge >= 0.3 is 0 Å². The zero-order chi connectivity index (χ0) is 21.0. The maximum absolute atomic E-state index is 13.1. The molecule has 3 aliphatic rings. The Morgan fingerprint density at radius 3 is 2.84 bits per heavy atom. The second-order valence-electron chi connectivity index (χ2n) is 8.64. The Bertz CT molecular complexity index is 885. The third-order valence-corrected chi connectivity index (χ3v) is 7.19. The van der Waals surface area contributed by atoms with E-state index < -0.39 is 0 Å². The number of carbonyl (C=O) groups excluding carboxylic acids is 1. The first kappa shape index (κ1) is 20.6. The number of benzene rings is 1. The largest absolute Gasteiger partial charge is 0.486 e. The number of carbonyl (C=O) groups is 1. The zero-order valence-electron chi connectivity index (χ0n) is 17.8. The average Bonchev–Trinajstić information content (AvgIpc) is 3.55. The monoisotopic (exact) mass is 442 g/mol. The van der Waals surface area contributed by atoms with Crippen LogP contribution in [0.15, 0.2) is 29.8 Å². The Kier molecular flexibility index (Phi) is 6.27. The van der Waals surface area contributed by atoms with Crippen LogP contribution in [0.1, 0.15) is 24.8 Å². The van der Waals surface area contributed by atoms with E-state index in [2.05, 4.69) is 32.2 Å². The standard InChI is InChI=1S/C23H30N4O3S/c28-22(18-5-9-27(15-18)23-24-6-12-31-23)25-19(16-26-7-1-2-8-26)13-17-3-4-20-21(14-17)30-11-10-29-20/h3-4,6,12,14,18-19H,1-2,5,7-11,13,15-16H2,(H,25,28)/t18-,19?/m1/s1. The molecule has 2 atom stereocenters. The van der Waals surface area contributed by atoms with Crippen molar-refractivity contribution in [3.63, 3.8) is 0 Å². The van der Waals surface area contributed by atoms with E-state index in [1.54, 1.807) is 11.3 Å². The molecule has 1 amide bonds. The summed E-state index contributed by atoms with van der Waals surface area (Å²) in [6.07, 6.45) is 5.99. The van der Waals surface area contributed by atoms with Gasteiger partial charge in [-0.1, -0.05) is 6.07 Å². The molecule has 1 aromatic heterocycles. The summed E-state index contributed by atoms with van der Waals surface area (Å²) < 4.78 is 11.4. The minimum Gasteiger partial charge on any atom is -0.486 e. The topological polar surface area (TPSA) is 66.9 Å². The van der Waals surface area contributed by atoms with Gasteiger partial charge in [0.05, 0.1) is 5.92 Å². The van der Waals surface area contributed by atoms with E-state index in [1.807, 2.05) is 17.6 Å². The van der Waals surface area contributed by atoms with Gasteiger partial charge in [-0.3, -0.25) is 4.79 Å². The molecule has 1 unspecified atom stereocenters. The summed E-state index contributed by atoms with van der Waals surface area (Å²) in [6, 6.07) is 6.23. The van der Waals surface area contributed by atoms with Crippen LogP contribution in [0.4, 0.5) is 5.13 Å². The number of amides is 1. The summed E-state index contributed by atoms with van der Waals surface area (Å²) in [6.45, 7) is 5.96. The number of nitrogens with zero attached hydrogens (tertiary/aromatic N) is 3. The summed E-state index contributed by atoms with van der Waals surface area (Å²) in [7, 11) is 0. The van der Waals surface area contributed by atoms with E-state index in [1.165, 1.54) is 18.4 Å². The zero-order valence-corrected chi connectivity index (χ0v) is 18.6. The number of anilines is 1. The highest BCUT2D eigenvalue weighted by molar-refractivity contribution is 7.13. The number of hydrogen-bond donors (Lipinski definition) is 1. The van der Waals surface area contributed by atoms with E-state index in [9.17, 15) is 4.79 Å². The summed E-state index contributed by atoms with van der Waals surface area (Å²) >= 11 is 1.64. The minimum absolute atomic E-state index is 0.0187. The molecule has 3 aliphatic heterocycles. The van der Waals surface area contributed by atoms with Crippen molar-refractivity contribution < 1.29 is 14.3 Å². The normalized spacial score (nSPS) is 21.9. The molecule has 4 heterocycles. The molecule has 0 radical (unpaired) electrons. The number of hydrogen-bond acceptors (Lipinski definition) is 7. The first-order valence-corrected chi connectivity index (χ1v) is 12.2. The van der Waals surface area contributed by atoms with Gasteiger partial charge in [-0.15, -0.1) is 11.3 Å². The molecule has 1 N–H and O–H groups in total. The fourth-order valence-electron chi connectivity index (χ4n) is 4.78. The summed E-state index contributed by atoms with van der Waals surface area (Å²) in [5.74, 6) is 1.80. The minimum atomic E-state index is 0.0187. The smallest absolute Gasteiger partial charge is 0.225 e. The molecule has 0 spiro atoms. The third kappa shape index (κ3) is 4.96. The molecule has 0 bridgehead atoms. The Morgan fingerprint density at radius 1 is 1.19 bits per heavy atom. The number of thiazole rings is 1. The van der Waals surface area contributed by atoms with Crippen LogP contribution in [0.3, 0.4) is 0 Å². The van der Waals surface area contributed by atoms with Gasteiger partial charge in [0.1, 0.15) is 13.2 Å². The van der Waals surface area contributed by atoms with Crippen molar-refractivity contribution >= 4 is 22.4 Å². The van der Waals surface area contributed by atoms with Crippen molar-refractivity contribution in [2.75, 3.05) is 50.8 Å². The van der Waals surface area contributed by atoms with E-state index >= 15 is 0 Å². The van der Waals surface area contributed by atoms with Crippen LogP contribution in [0, 0.1) is 5.92 Å². The highest BCUT2D eigenvalue weighted by atomic mass is 32.1. The van der Waals surface area contributed by atoms with Crippen LogP contribution in [-0.2, 0) is 11.2 Å². The van der Waals surface area contributed by atoms with Crippen LogP contribution in [0.25, 0.3) is 0 Å². The predicted octanol–water partition coefficient (Wildman–Crippen LogP) is 2.56. The van der Waals surface area contributed by atoms with Crippen molar-refractivity contribution in [3.05, 3.63) is 35.3 Å². The maximum Gasteiger partial charge on any atom is 0.225 e. The third-order valence-electron chi connectivity index (χ3n) is 6.36. The van der Waals surface area contributed by atoms with Gasteiger partial charge in [0, 0.05) is 37.3 Å². The fourth-order valence-corrected chi connectivity index (χ4v) is 5.46. The quantitative estimate of drug-likeness (QED) is 0.711. The van der Waals surface area contributed by atoms with E-state index in [0.717, 1.165) is 62.2 Å². The lowest BCUT2D eigenvalue weighted by Crippen LogP contribution is -2.46. The first-order chi connectivity index (χ1) is 15.2. The van der Waals surface area contributed by atoms with Crippen molar-refractivity contribution in [2.24, 2.45) is 5.92 Å². The number of aromatic nitrogens is 1. The molecule has 7 nitrogen and oxygen atoms in total. The Labute approximate surface area is 187 Å². The van der Waals surface area contributed by atoms with Gasteiger partial charge in [0.2, 0.25) is 5.91 Å². The van der Waals surface area contributed by atoms with Crippen LogP contribution in [-0.4, -0.2) is 67.8 Å². The molecular weight excluding hydrogens is 412 g/mol. The molecule has 0 saturated carbocycles. The number of likely N-dealkylation sites (tertiary alicyclic amines) is 1. The van der Waals surface area contributed by atoms with Crippen LogP contribution >= 0.6 is 11.3 Å². The highest BCUT2D eigenvalue weighted by Gasteiger charge is 2.31. The second-order valence-corrected chi connectivity index (χ2v) is 9.51. The lowest BCUT2D eigenvalue weighted by Gasteiger charge is -2.26. The second kappa shape index (κ2) is 9.44. The molecule has 2 fully saturated rings. The number of nitrogens with one attached hydrogen (secondary N) is 1. The first-order valence-electron chi connectivity index (χ1n) is 11.3. The van der Waals surface area contributed by atoms with Crippen molar-refractivity contribution in [2.45, 2.75) is 31.7 Å². The lowest BCUT2D eigenvalue weighted by atomic mass is 10.0. The molecule has 5 rings (SSSR count). The molecule has 2 saturated heterocycles. The maximum atomic E-state index is 13.1. The van der Waals surface area contributed by atoms with Gasteiger partial charge in [-0.05, 0) is 56.5 Å². The van der Waals surface area contributed by atoms with Crippen molar-refractivity contribution in [1.82, 2.24) is 15.2 Å². The molecule has 8 heteroatoms.